The van der Waals surface area contributed by atoms with Crippen LogP contribution in [0.4, 0.5) is 42.9 Å². The van der Waals surface area contributed by atoms with Gasteiger partial charge in [-0.3, -0.25) is 0 Å². The summed E-state index contributed by atoms with van der Waals surface area (Å²) in [6.45, 7) is 22.1. The molecule has 0 amide bonds. The Morgan fingerprint density at radius 3 is 0.931 bits per heavy atom. The molecule has 2 fully saturated rings. The lowest BCUT2D eigenvalue weighted by molar-refractivity contribution is -0.133. The van der Waals surface area contributed by atoms with E-state index < -0.39 is 10.8 Å². The molecule has 0 saturated carbocycles. The van der Waals surface area contributed by atoms with Crippen LogP contribution in [0.3, 0.4) is 0 Å². The van der Waals surface area contributed by atoms with Crippen LogP contribution in [0, 0.1) is 22.5 Å². The average molecular weight is 1350 g/mol. The SMILES string of the molecule is CCC1(COc2ccc(C3(c4ccc(C(C)(C)C)cc4)c4ccccc4-c4ccc(N(c5ccc(F)cc5)c5ccc(-c6ccc(N(c7ccc(F)cc7)c7ccc8c(c7)C(c7ccc(OCC9(CC)COC9)cc7)(c7ccc(C(C)(C)C)cc7)c7ccccc7-8)cc6)cc5)cc43)cc2)COC1. The molecule has 0 radical (unpaired) electrons. The van der Waals surface area contributed by atoms with E-state index in [1.54, 1.807) is 0 Å². The van der Waals surface area contributed by atoms with E-state index in [0.29, 0.717) is 13.2 Å². The highest BCUT2D eigenvalue weighted by Crippen LogP contribution is 2.60. The molecule has 2 aliphatic heterocycles. The maximum absolute atomic E-state index is 15.1. The molecule has 6 nitrogen and oxygen atoms in total. The molecule has 2 aliphatic carbocycles. The van der Waals surface area contributed by atoms with Gasteiger partial charge in [0.25, 0.3) is 0 Å². The maximum Gasteiger partial charge on any atom is 0.123 e. The van der Waals surface area contributed by atoms with Crippen molar-refractivity contribution in [1.82, 2.24) is 0 Å². The number of anilines is 6. The zero-order chi connectivity index (χ0) is 70.2. The standard InChI is InChI=1S/C94H86F2N2O4/c1-9-91(57-99-58-91)61-101-79-49-31-69(32-50-79)93(67-27-23-65(24-28-67)89(3,4)5)85-17-13-11-15-81(85)83-53-47-77(55-87(83)93)97(75-43-35-71(95)36-44-75)73-39-19-63(20-40-73)64-21-41-74(42-22-64)98(76-45-37-72(96)38-46-76)78-48-54-84-82-16-12-14-18-86(82)94(88(84)56-78,68-29-25-66(26-30-68)90(6,7)8)70-33-51-80(52-34-70)102-62-92(10-2)59-100-60-92/h11-56H,9-10,57-62H2,1-8H3. The summed E-state index contributed by atoms with van der Waals surface area (Å²) in [6.07, 6.45) is 2.00. The molecule has 0 spiro atoms. The third kappa shape index (κ3) is 11.5. The van der Waals surface area contributed by atoms with Gasteiger partial charge in [-0.15, -0.1) is 0 Å². The molecule has 2 unspecified atom stereocenters. The van der Waals surface area contributed by atoms with Gasteiger partial charge in [0.1, 0.15) is 23.1 Å². The van der Waals surface area contributed by atoms with Crippen LogP contribution in [0.2, 0.25) is 0 Å². The molecule has 4 aliphatic rings. The fourth-order valence-corrected chi connectivity index (χ4v) is 16.1. The van der Waals surface area contributed by atoms with E-state index >= 15 is 8.78 Å². The highest BCUT2D eigenvalue weighted by atomic mass is 19.1. The third-order valence-electron chi connectivity index (χ3n) is 22.5. The number of halogens is 2. The van der Waals surface area contributed by atoms with Crippen LogP contribution in [0.5, 0.6) is 11.5 Å². The zero-order valence-electron chi connectivity index (χ0n) is 59.5. The Morgan fingerprint density at radius 2 is 0.627 bits per heavy atom. The van der Waals surface area contributed by atoms with Crippen LogP contribution >= 0.6 is 0 Å². The summed E-state index contributed by atoms with van der Waals surface area (Å²) in [5.74, 6) is 1.05. The van der Waals surface area contributed by atoms with Crippen molar-refractivity contribution in [3.63, 3.8) is 0 Å². The second kappa shape index (κ2) is 25.9. The Morgan fingerprint density at radius 1 is 0.333 bits per heavy atom. The first-order valence-electron chi connectivity index (χ1n) is 36.1. The number of rotatable bonds is 19. The van der Waals surface area contributed by atoms with E-state index in [2.05, 4.69) is 296 Å². The lowest BCUT2D eigenvalue weighted by Gasteiger charge is -2.40. The molecule has 12 aromatic rings. The van der Waals surface area contributed by atoms with Crippen LogP contribution in [0.1, 0.15) is 124 Å². The van der Waals surface area contributed by atoms with Gasteiger partial charge in [0, 0.05) is 34.1 Å². The Labute approximate surface area is 599 Å². The zero-order valence-corrected chi connectivity index (χ0v) is 59.5. The third-order valence-corrected chi connectivity index (χ3v) is 22.5. The lowest BCUT2D eigenvalue weighted by Crippen LogP contribution is -2.46. The average Bonchev–Trinajstić information content (AvgIpc) is 1.53. The molecular weight excluding hydrogens is 1260 g/mol. The van der Waals surface area contributed by atoms with E-state index in [9.17, 15) is 0 Å². The molecule has 102 heavy (non-hydrogen) atoms. The van der Waals surface area contributed by atoms with Gasteiger partial charge in [-0.25, -0.2) is 8.78 Å². The minimum Gasteiger partial charge on any atom is -0.493 e. The highest BCUT2D eigenvalue weighted by Gasteiger charge is 2.49. The first-order chi connectivity index (χ1) is 49.4. The van der Waals surface area contributed by atoms with Crippen LogP contribution in [-0.2, 0) is 31.1 Å². The van der Waals surface area contributed by atoms with E-state index in [1.165, 1.54) is 57.6 Å². The van der Waals surface area contributed by atoms with Crippen LogP contribution in [-0.4, -0.2) is 39.6 Å². The van der Waals surface area contributed by atoms with Gasteiger partial charge in [-0.2, -0.15) is 0 Å². The predicted octanol–water partition coefficient (Wildman–Crippen LogP) is 23.5. The summed E-state index contributed by atoms with van der Waals surface area (Å²) in [7, 11) is 0. The van der Waals surface area contributed by atoms with Crippen molar-refractivity contribution in [3.8, 4) is 44.9 Å². The van der Waals surface area contributed by atoms with E-state index in [1.807, 2.05) is 24.3 Å². The Kier molecular flexibility index (Phi) is 16.8. The summed E-state index contributed by atoms with van der Waals surface area (Å²) in [6, 6.07) is 98.2. The Bertz CT molecular complexity index is 4700. The van der Waals surface area contributed by atoms with Crippen molar-refractivity contribution < 1.29 is 27.7 Å². The number of fused-ring (bicyclic) bond motifs is 6. The number of hydrogen-bond donors (Lipinski definition) is 0. The number of hydrogen-bond acceptors (Lipinski definition) is 6. The predicted molar refractivity (Wildman–Crippen MR) is 411 cm³/mol. The van der Waals surface area contributed by atoms with Crippen molar-refractivity contribution in [2.75, 3.05) is 49.4 Å². The maximum atomic E-state index is 15.1. The van der Waals surface area contributed by atoms with E-state index in [-0.39, 0.29) is 33.3 Å². The fraction of sp³-hybridized carbons (Fsp3) is 0.234. The van der Waals surface area contributed by atoms with E-state index in [0.717, 1.165) is 141 Å². The molecule has 12 aromatic carbocycles. The number of nitrogens with zero attached hydrogens (tertiary/aromatic N) is 2. The van der Waals surface area contributed by atoms with E-state index in [4.69, 9.17) is 18.9 Å². The van der Waals surface area contributed by atoms with Crippen molar-refractivity contribution in [3.05, 3.63) is 346 Å². The van der Waals surface area contributed by atoms with Crippen molar-refractivity contribution in [2.24, 2.45) is 10.8 Å². The molecule has 510 valence electrons. The van der Waals surface area contributed by atoms with Crippen LogP contribution in [0.25, 0.3) is 33.4 Å². The first kappa shape index (κ1) is 66.2. The molecule has 0 N–H and O–H groups in total. The molecule has 8 heteroatoms. The van der Waals surface area contributed by atoms with Gasteiger partial charge in [-0.1, -0.05) is 213 Å². The number of benzene rings is 12. The largest absolute Gasteiger partial charge is 0.493 e. The molecular formula is C94H86F2N2O4. The molecule has 2 heterocycles. The quantitative estimate of drug-likeness (QED) is 0.0804. The Hall–Kier alpha value is -10.4. The van der Waals surface area contributed by atoms with Gasteiger partial charge < -0.3 is 28.7 Å². The summed E-state index contributed by atoms with van der Waals surface area (Å²) in [5.41, 5.74) is 22.4. The van der Waals surface area contributed by atoms with Gasteiger partial charge in [-0.05, 0) is 234 Å². The number of ether oxygens (including phenoxy) is 4. The highest BCUT2D eigenvalue weighted by molar-refractivity contribution is 5.92. The molecule has 0 bridgehead atoms. The summed E-state index contributed by atoms with van der Waals surface area (Å²) < 4.78 is 54.6. The summed E-state index contributed by atoms with van der Waals surface area (Å²) >= 11 is 0. The van der Waals surface area contributed by atoms with Gasteiger partial charge >= 0.3 is 0 Å². The molecule has 2 atom stereocenters. The molecule has 2 saturated heterocycles. The van der Waals surface area contributed by atoms with Gasteiger partial charge in [0.2, 0.25) is 0 Å². The van der Waals surface area contributed by atoms with Crippen LogP contribution in [0.15, 0.2) is 279 Å². The Balaban J connectivity index is 0.768. The second-order valence-electron chi connectivity index (χ2n) is 30.7. The topological polar surface area (TPSA) is 43.4 Å². The van der Waals surface area contributed by atoms with Crippen molar-refractivity contribution in [2.45, 2.75) is 89.9 Å². The summed E-state index contributed by atoms with van der Waals surface area (Å²) in [4.78, 5) is 4.47. The minimum absolute atomic E-state index is 0.0420. The molecule has 0 aromatic heterocycles. The van der Waals surface area contributed by atoms with Crippen molar-refractivity contribution >= 4 is 34.1 Å². The van der Waals surface area contributed by atoms with Gasteiger partial charge in [0.05, 0.1) is 61.3 Å². The summed E-state index contributed by atoms with van der Waals surface area (Å²) in [5, 5.41) is 0. The normalized spacial score (nSPS) is 17.5. The second-order valence-corrected chi connectivity index (χ2v) is 30.7. The van der Waals surface area contributed by atoms with Crippen LogP contribution < -0.4 is 19.3 Å². The monoisotopic (exact) mass is 1340 g/mol. The smallest absolute Gasteiger partial charge is 0.123 e. The van der Waals surface area contributed by atoms with Gasteiger partial charge in [0.15, 0.2) is 0 Å². The lowest BCUT2D eigenvalue weighted by atomic mass is 9.67. The minimum atomic E-state index is -0.719. The van der Waals surface area contributed by atoms with Crippen molar-refractivity contribution in [1.29, 1.82) is 0 Å². The fourth-order valence-electron chi connectivity index (χ4n) is 16.1. The first-order valence-corrected chi connectivity index (χ1v) is 36.1. The molecule has 16 rings (SSSR count).